The van der Waals surface area contributed by atoms with E-state index >= 15 is 0 Å². The first kappa shape index (κ1) is 13.0. The van der Waals surface area contributed by atoms with Crippen molar-refractivity contribution in [3.63, 3.8) is 0 Å². The zero-order valence-electron chi connectivity index (χ0n) is 10.0. The fourth-order valence-corrected chi connectivity index (χ4v) is 1.18. The number of hydrogen-bond donors (Lipinski definition) is 0. The quantitative estimate of drug-likeness (QED) is 0.635. The van der Waals surface area contributed by atoms with Crippen LogP contribution in [0, 0.1) is 0 Å². The standard InChI is InChI=1S/C13H20O3/c1-12(2)15-10-8-14-9-11-16-13-6-4-3-5-7-13/h3-7,12H,8-11H2,1-2H3. The summed E-state index contributed by atoms with van der Waals surface area (Å²) in [6.07, 6.45) is 0.268. The van der Waals surface area contributed by atoms with Crippen molar-refractivity contribution >= 4 is 0 Å². The molecule has 1 aromatic rings. The highest BCUT2D eigenvalue weighted by Crippen LogP contribution is 2.07. The van der Waals surface area contributed by atoms with Crippen molar-refractivity contribution in [3.8, 4) is 5.75 Å². The third kappa shape index (κ3) is 6.43. The summed E-state index contributed by atoms with van der Waals surface area (Å²) < 4.78 is 16.2. The molecule has 0 atom stereocenters. The average molecular weight is 224 g/mol. The summed E-state index contributed by atoms with van der Waals surface area (Å²) in [7, 11) is 0. The van der Waals surface area contributed by atoms with Crippen LogP contribution in [0.25, 0.3) is 0 Å². The lowest BCUT2D eigenvalue weighted by Crippen LogP contribution is -2.13. The zero-order valence-corrected chi connectivity index (χ0v) is 10.0. The number of ether oxygens (including phenoxy) is 3. The van der Waals surface area contributed by atoms with Gasteiger partial charge in [-0.15, -0.1) is 0 Å². The third-order valence-corrected chi connectivity index (χ3v) is 1.92. The van der Waals surface area contributed by atoms with Crippen molar-refractivity contribution < 1.29 is 14.2 Å². The minimum Gasteiger partial charge on any atom is -0.491 e. The van der Waals surface area contributed by atoms with Crippen LogP contribution in [0.2, 0.25) is 0 Å². The van der Waals surface area contributed by atoms with Gasteiger partial charge in [-0.3, -0.25) is 0 Å². The second-order valence-electron chi connectivity index (χ2n) is 3.69. The summed E-state index contributed by atoms with van der Waals surface area (Å²) in [5.41, 5.74) is 0. The van der Waals surface area contributed by atoms with Crippen molar-refractivity contribution in [2.45, 2.75) is 20.0 Å². The van der Waals surface area contributed by atoms with E-state index in [0.29, 0.717) is 26.4 Å². The Kier molecular flexibility index (Phi) is 6.61. The molecular weight excluding hydrogens is 204 g/mol. The zero-order chi connectivity index (χ0) is 11.6. The van der Waals surface area contributed by atoms with Crippen LogP contribution in [0.3, 0.4) is 0 Å². The predicted molar refractivity (Wildman–Crippen MR) is 63.8 cm³/mol. The van der Waals surface area contributed by atoms with Gasteiger partial charge in [0.15, 0.2) is 0 Å². The van der Waals surface area contributed by atoms with Gasteiger partial charge in [0, 0.05) is 0 Å². The van der Waals surface area contributed by atoms with E-state index in [2.05, 4.69) is 0 Å². The normalized spacial score (nSPS) is 10.7. The summed E-state index contributed by atoms with van der Waals surface area (Å²) in [4.78, 5) is 0. The fraction of sp³-hybridized carbons (Fsp3) is 0.538. The van der Waals surface area contributed by atoms with Gasteiger partial charge in [0.05, 0.1) is 25.9 Å². The van der Waals surface area contributed by atoms with Crippen molar-refractivity contribution in [1.82, 2.24) is 0 Å². The number of benzene rings is 1. The minimum atomic E-state index is 0.268. The monoisotopic (exact) mass is 224 g/mol. The molecule has 3 nitrogen and oxygen atoms in total. The highest BCUT2D eigenvalue weighted by Gasteiger charge is 1.94. The molecule has 3 heteroatoms. The van der Waals surface area contributed by atoms with Crippen molar-refractivity contribution in [3.05, 3.63) is 30.3 Å². The molecule has 0 aliphatic carbocycles. The van der Waals surface area contributed by atoms with Crippen molar-refractivity contribution in [2.24, 2.45) is 0 Å². The Morgan fingerprint density at radius 1 is 0.938 bits per heavy atom. The highest BCUT2D eigenvalue weighted by molar-refractivity contribution is 5.20. The molecule has 0 aliphatic rings. The first-order valence-corrected chi connectivity index (χ1v) is 5.66. The van der Waals surface area contributed by atoms with E-state index in [9.17, 15) is 0 Å². The van der Waals surface area contributed by atoms with Gasteiger partial charge < -0.3 is 14.2 Å². The summed E-state index contributed by atoms with van der Waals surface area (Å²) in [6.45, 7) is 6.46. The van der Waals surface area contributed by atoms with Crippen LogP contribution < -0.4 is 4.74 Å². The van der Waals surface area contributed by atoms with Gasteiger partial charge >= 0.3 is 0 Å². The largest absolute Gasteiger partial charge is 0.491 e. The van der Waals surface area contributed by atoms with E-state index in [-0.39, 0.29) is 6.10 Å². The maximum Gasteiger partial charge on any atom is 0.119 e. The van der Waals surface area contributed by atoms with Crippen LogP contribution in [-0.4, -0.2) is 32.5 Å². The lowest BCUT2D eigenvalue weighted by Gasteiger charge is -2.09. The van der Waals surface area contributed by atoms with Gasteiger partial charge in [0.25, 0.3) is 0 Å². The van der Waals surface area contributed by atoms with E-state index < -0.39 is 0 Å². The minimum absolute atomic E-state index is 0.268. The van der Waals surface area contributed by atoms with Crippen LogP contribution in [0.5, 0.6) is 5.75 Å². The number of para-hydroxylation sites is 1. The summed E-state index contributed by atoms with van der Waals surface area (Å²) >= 11 is 0. The molecule has 0 N–H and O–H groups in total. The topological polar surface area (TPSA) is 27.7 Å². The molecule has 0 radical (unpaired) electrons. The molecule has 0 saturated heterocycles. The highest BCUT2D eigenvalue weighted by atomic mass is 16.5. The maximum atomic E-state index is 5.47. The molecule has 0 heterocycles. The van der Waals surface area contributed by atoms with Gasteiger partial charge in [0.1, 0.15) is 12.4 Å². The van der Waals surface area contributed by atoms with Crippen LogP contribution in [0.15, 0.2) is 30.3 Å². The molecule has 1 rings (SSSR count). The van der Waals surface area contributed by atoms with Gasteiger partial charge in [-0.25, -0.2) is 0 Å². The Labute approximate surface area is 97.3 Å². The SMILES string of the molecule is CC(C)OCCOCCOc1ccccc1. The Morgan fingerprint density at radius 2 is 1.62 bits per heavy atom. The second kappa shape index (κ2) is 8.13. The molecule has 0 unspecified atom stereocenters. The second-order valence-corrected chi connectivity index (χ2v) is 3.69. The molecule has 0 fully saturated rings. The first-order chi connectivity index (χ1) is 7.79. The van der Waals surface area contributed by atoms with Gasteiger partial charge in [-0.2, -0.15) is 0 Å². The van der Waals surface area contributed by atoms with E-state index in [1.54, 1.807) is 0 Å². The first-order valence-electron chi connectivity index (χ1n) is 5.66. The predicted octanol–water partition coefficient (Wildman–Crippen LogP) is 2.51. The maximum absolute atomic E-state index is 5.47. The molecule has 0 bridgehead atoms. The Balaban J connectivity index is 1.93. The van der Waals surface area contributed by atoms with E-state index in [1.165, 1.54) is 0 Å². The smallest absolute Gasteiger partial charge is 0.119 e. The van der Waals surface area contributed by atoms with Gasteiger partial charge in [-0.1, -0.05) is 18.2 Å². The summed E-state index contributed by atoms with van der Waals surface area (Å²) in [5, 5.41) is 0. The van der Waals surface area contributed by atoms with E-state index in [1.807, 2.05) is 44.2 Å². The molecule has 90 valence electrons. The Bertz CT molecular complexity index is 259. The average Bonchev–Trinajstić information content (AvgIpc) is 2.29. The molecule has 16 heavy (non-hydrogen) atoms. The van der Waals surface area contributed by atoms with E-state index in [4.69, 9.17) is 14.2 Å². The van der Waals surface area contributed by atoms with Crippen LogP contribution in [0.1, 0.15) is 13.8 Å². The molecule has 0 aromatic heterocycles. The van der Waals surface area contributed by atoms with Crippen LogP contribution in [0.4, 0.5) is 0 Å². The Morgan fingerprint density at radius 3 is 2.31 bits per heavy atom. The third-order valence-electron chi connectivity index (χ3n) is 1.92. The van der Waals surface area contributed by atoms with Crippen LogP contribution >= 0.6 is 0 Å². The van der Waals surface area contributed by atoms with Crippen LogP contribution in [-0.2, 0) is 9.47 Å². The van der Waals surface area contributed by atoms with Gasteiger partial charge in [-0.05, 0) is 26.0 Å². The lowest BCUT2D eigenvalue weighted by molar-refractivity contribution is 0.0124. The van der Waals surface area contributed by atoms with E-state index in [0.717, 1.165) is 5.75 Å². The van der Waals surface area contributed by atoms with Gasteiger partial charge in [0.2, 0.25) is 0 Å². The van der Waals surface area contributed by atoms with Crippen molar-refractivity contribution in [1.29, 1.82) is 0 Å². The lowest BCUT2D eigenvalue weighted by atomic mass is 10.3. The number of hydrogen-bond acceptors (Lipinski definition) is 3. The fourth-order valence-electron chi connectivity index (χ4n) is 1.18. The number of rotatable bonds is 8. The van der Waals surface area contributed by atoms with Crippen molar-refractivity contribution in [2.75, 3.05) is 26.4 Å². The Hall–Kier alpha value is -1.06. The summed E-state index contributed by atoms with van der Waals surface area (Å²) in [6, 6.07) is 9.73. The molecule has 0 amide bonds. The molecule has 0 aliphatic heterocycles. The molecule has 0 saturated carbocycles. The summed E-state index contributed by atoms with van der Waals surface area (Å²) in [5.74, 6) is 0.879. The molecule has 1 aromatic carbocycles. The molecule has 0 spiro atoms. The molecular formula is C13H20O3.